The van der Waals surface area contributed by atoms with Gasteiger partial charge in [0.1, 0.15) is 12.2 Å². The van der Waals surface area contributed by atoms with Gasteiger partial charge >= 0.3 is 0 Å². The van der Waals surface area contributed by atoms with E-state index in [1.165, 1.54) is 0 Å². The molecule has 0 amide bonds. The zero-order valence-corrected chi connectivity index (χ0v) is 6.27. The predicted molar refractivity (Wildman–Crippen MR) is 36.0 cm³/mol. The highest BCUT2D eigenvalue weighted by atomic mass is 35.5. The fourth-order valence-corrected chi connectivity index (χ4v) is 0.585. The Kier molecular flexibility index (Phi) is 3.91. The van der Waals surface area contributed by atoms with E-state index in [1.807, 2.05) is 0 Å². The van der Waals surface area contributed by atoms with Crippen LogP contribution in [0.2, 0.25) is 0 Å². The van der Waals surface area contributed by atoms with Gasteiger partial charge in [0.15, 0.2) is 6.29 Å². The number of aldehydes is 1. The summed E-state index contributed by atoms with van der Waals surface area (Å²) in [6.45, 7) is -0.788. The van der Waals surface area contributed by atoms with Gasteiger partial charge in [0.05, 0.1) is 6.61 Å². The molecule has 0 aromatic carbocycles. The number of alkyl halides is 1. The Morgan fingerprint density at radius 1 is 1.55 bits per heavy atom. The minimum absolute atomic E-state index is 0.127. The second-order valence-corrected chi connectivity index (χ2v) is 2.65. The van der Waals surface area contributed by atoms with E-state index in [2.05, 4.69) is 0 Å². The number of aliphatic hydroxyl groups is 4. The number of aliphatic hydroxyl groups excluding tert-OH is 3. The molecule has 11 heavy (non-hydrogen) atoms. The standard InChI is InChI=1S/C5H9ClO5/c6-5(11,2-8)4(10)3(9)1-7/h2-4,7,9-11H,1H2/t3-,4-,5+/m1/s1. The molecule has 0 aliphatic rings. The first-order chi connectivity index (χ1) is 4.95. The smallest absolute Gasteiger partial charge is 0.223 e. The molecule has 0 radical (unpaired) electrons. The summed E-state index contributed by atoms with van der Waals surface area (Å²) in [7, 11) is 0. The van der Waals surface area contributed by atoms with E-state index in [4.69, 9.17) is 32.0 Å². The van der Waals surface area contributed by atoms with Crippen LogP contribution in [0.25, 0.3) is 0 Å². The fraction of sp³-hybridized carbons (Fsp3) is 0.800. The SMILES string of the molecule is O=C[C@@](O)(Cl)[C@H](O)[C@H](O)CO. The Labute approximate surface area is 67.8 Å². The van der Waals surface area contributed by atoms with Crippen LogP contribution in [0.15, 0.2) is 0 Å². The molecule has 0 unspecified atom stereocenters. The van der Waals surface area contributed by atoms with Gasteiger partial charge in [-0.05, 0) is 0 Å². The molecular formula is C5H9ClO5. The van der Waals surface area contributed by atoms with Gasteiger partial charge < -0.3 is 20.4 Å². The van der Waals surface area contributed by atoms with Crippen molar-refractivity contribution in [2.75, 3.05) is 6.61 Å². The molecule has 6 heteroatoms. The Bertz CT molecular complexity index is 137. The molecule has 66 valence electrons. The van der Waals surface area contributed by atoms with Crippen molar-refractivity contribution in [3.05, 3.63) is 0 Å². The van der Waals surface area contributed by atoms with Crippen molar-refractivity contribution in [2.45, 2.75) is 17.3 Å². The van der Waals surface area contributed by atoms with Gasteiger partial charge in [-0.25, -0.2) is 0 Å². The van der Waals surface area contributed by atoms with Crippen LogP contribution in [0.3, 0.4) is 0 Å². The molecule has 4 N–H and O–H groups in total. The summed E-state index contributed by atoms with van der Waals surface area (Å²) >= 11 is 5.01. The van der Waals surface area contributed by atoms with E-state index in [0.29, 0.717) is 0 Å². The summed E-state index contributed by atoms with van der Waals surface area (Å²) in [5.74, 6) is 0. The van der Waals surface area contributed by atoms with Crippen LogP contribution >= 0.6 is 11.6 Å². The van der Waals surface area contributed by atoms with E-state index in [0.717, 1.165) is 0 Å². The molecule has 0 rings (SSSR count). The van der Waals surface area contributed by atoms with Gasteiger partial charge in [0, 0.05) is 0 Å². The molecule has 5 nitrogen and oxygen atoms in total. The quantitative estimate of drug-likeness (QED) is 0.294. The average Bonchev–Trinajstić information content (AvgIpc) is 2.01. The molecule has 3 atom stereocenters. The average molecular weight is 185 g/mol. The molecule has 0 spiro atoms. The normalized spacial score (nSPS) is 21.9. The highest BCUT2D eigenvalue weighted by Gasteiger charge is 2.37. The van der Waals surface area contributed by atoms with Crippen molar-refractivity contribution in [2.24, 2.45) is 0 Å². The maximum atomic E-state index is 9.95. The van der Waals surface area contributed by atoms with Crippen molar-refractivity contribution in [1.82, 2.24) is 0 Å². The fourth-order valence-electron chi connectivity index (χ4n) is 0.439. The van der Waals surface area contributed by atoms with Crippen molar-refractivity contribution in [1.29, 1.82) is 0 Å². The topological polar surface area (TPSA) is 98.0 Å². The summed E-state index contributed by atoms with van der Waals surface area (Å²) in [5, 5.41) is 32.0. The van der Waals surface area contributed by atoms with Crippen LogP contribution in [0.1, 0.15) is 0 Å². The highest BCUT2D eigenvalue weighted by molar-refractivity contribution is 6.30. The Balaban J connectivity index is 4.21. The maximum absolute atomic E-state index is 9.95. The van der Waals surface area contributed by atoms with Crippen LogP contribution in [0.4, 0.5) is 0 Å². The van der Waals surface area contributed by atoms with Gasteiger partial charge in [-0.15, -0.1) is 0 Å². The molecule has 0 fully saturated rings. The summed E-state index contributed by atoms with van der Waals surface area (Å²) in [6.07, 6.45) is -3.66. The first-order valence-electron chi connectivity index (χ1n) is 2.80. The lowest BCUT2D eigenvalue weighted by Crippen LogP contribution is -2.47. The lowest BCUT2D eigenvalue weighted by atomic mass is 10.1. The van der Waals surface area contributed by atoms with Crippen LogP contribution in [0.5, 0.6) is 0 Å². The van der Waals surface area contributed by atoms with Gasteiger partial charge in [0.25, 0.3) is 0 Å². The molecule has 0 saturated carbocycles. The zero-order chi connectivity index (χ0) is 9.07. The van der Waals surface area contributed by atoms with Gasteiger partial charge in [0.2, 0.25) is 5.06 Å². The van der Waals surface area contributed by atoms with Crippen molar-refractivity contribution in [3.8, 4) is 0 Å². The second kappa shape index (κ2) is 3.99. The summed E-state index contributed by atoms with van der Waals surface area (Å²) in [4.78, 5) is 9.95. The van der Waals surface area contributed by atoms with Crippen LogP contribution in [-0.2, 0) is 4.79 Å². The monoisotopic (exact) mass is 184 g/mol. The van der Waals surface area contributed by atoms with Crippen LogP contribution in [0, 0.1) is 0 Å². The maximum Gasteiger partial charge on any atom is 0.223 e. The number of carbonyl (C=O) groups excluding carboxylic acids is 1. The lowest BCUT2D eigenvalue weighted by Gasteiger charge is -2.23. The van der Waals surface area contributed by atoms with Crippen LogP contribution in [-0.4, -0.2) is 50.6 Å². The molecule has 0 saturated heterocycles. The molecule has 0 aliphatic heterocycles. The Hall–Kier alpha value is -0.200. The molecule has 0 aromatic heterocycles. The summed E-state index contributed by atoms with van der Waals surface area (Å²) in [5.41, 5.74) is 0. The number of halogens is 1. The zero-order valence-electron chi connectivity index (χ0n) is 5.51. The number of rotatable bonds is 4. The van der Waals surface area contributed by atoms with E-state index in [9.17, 15) is 4.79 Å². The third-order valence-corrected chi connectivity index (χ3v) is 1.44. The number of hydrogen-bond donors (Lipinski definition) is 4. The van der Waals surface area contributed by atoms with E-state index >= 15 is 0 Å². The van der Waals surface area contributed by atoms with E-state index in [1.54, 1.807) is 0 Å². The Morgan fingerprint density at radius 2 is 2.00 bits per heavy atom. The number of carbonyl (C=O) groups is 1. The molecule has 0 heterocycles. The minimum Gasteiger partial charge on any atom is -0.394 e. The van der Waals surface area contributed by atoms with Crippen LogP contribution < -0.4 is 0 Å². The van der Waals surface area contributed by atoms with Gasteiger partial charge in [-0.3, -0.25) is 4.79 Å². The van der Waals surface area contributed by atoms with Gasteiger partial charge in [-0.1, -0.05) is 11.6 Å². The molecule has 0 bridgehead atoms. The van der Waals surface area contributed by atoms with E-state index < -0.39 is 23.9 Å². The van der Waals surface area contributed by atoms with Gasteiger partial charge in [-0.2, -0.15) is 0 Å². The molecule has 0 aliphatic carbocycles. The summed E-state index contributed by atoms with van der Waals surface area (Å²) < 4.78 is 0. The molecule has 0 aromatic rings. The lowest BCUT2D eigenvalue weighted by molar-refractivity contribution is -0.135. The first kappa shape index (κ1) is 10.8. The third kappa shape index (κ3) is 2.72. The van der Waals surface area contributed by atoms with Crippen molar-refractivity contribution < 1.29 is 25.2 Å². The third-order valence-electron chi connectivity index (χ3n) is 1.13. The minimum atomic E-state index is -2.54. The molecular weight excluding hydrogens is 176 g/mol. The largest absolute Gasteiger partial charge is 0.394 e. The number of hydrogen-bond acceptors (Lipinski definition) is 5. The van der Waals surface area contributed by atoms with Crippen molar-refractivity contribution >= 4 is 17.9 Å². The predicted octanol–water partition coefficient (Wildman–Crippen LogP) is -2.17. The van der Waals surface area contributed by atoms with E-state index in [-0.39, 0.29) is 6.29 Å². The van der Waals surface area contributed by atoms with Crippen molar-refractivity contribution in [3.63, 3.8) is 0 Å². The second-order valence-electron chi connectivity index (χ2n) is 2.04. The Morgan fingerprint density at radius 3 is 2.27 bits per heavy atom. The highest BCUT2D eigenvalue weighted by Crippen LogP contribution is 2.15. The first-order valence-corrected chi connectivity index (χ1v) is 3.18. The summed E-state index contributed by atoms with van der Waals surface area (Å²) in [6, 6.07) is 0.